The summed E-state index contributed by atoms with van der Waals surface area (Å²) in [6, 6.07) is 12.9. The quantitative estimate of drug-likeness (QED) is 0.397. The van der Waals surface area contributed by atoms with Gasteiger partial charge in [-0.1, -0.05) is 30.4 Å². The lowest BCUT2D eigenvalue weighted by Crippen LogP contribution is -2.51. The molecule has 2 N–H and O–H groups in total. The molecule has 4 aliphatic rings. The topological polar surface area (TPSA) is 80.3 Å². The molecule has 0 saturated heterocycles. The SMILES string of the molecule is CCCOc1ccccc1NC(=O)c1ccc2nc(NC(=O)C34CC5CC(CC(C5)C3)C4)sc2c1. The second-order valence-corrected chi connectivity index (χ2v) is 11.7. The van der Waals surface area contributed by atoms with Gasteiger partial charge >= 0.3 is 0 Å². The number of ether oxygens (including phenoxy) is 1. The molecule has 4 fully saturated rings. The van der Waals surface area contributed by atoms with Gasteiger partial charge in [0.05, 0.1) is 27.9 Å². The Balaban J connectivity index is 1.17. The maximum atomic E-state index is 13.4. The van der Waals surface area contributed by atoms with Crippen LogP contribution in [0, 0.1) is 23.2 Å². The minimum absolute atomic E-state index is 0.150. The van der Waals surface area contributed by atoms with E-state index in [2.05, 4.69) is 15.6 Å². The van der Waals surface area contributed by atoms with Crippen LogP contribution in [0.1, 0.15) is 62.2 Å². The molecule has 2 amide bonds. The van der Waals surface area contributed by atoms with Crippen LogP contribution >= 0.6 is 11.3 Å². The van der Waals surface area contributed by atoms with Crippen molar-refractivity contribution in [3.05, 3.63) is 48.0 Å². The number of carbonyl (C=O) groups excluding carboxylic acids is 2. The van der Waals surface area contributed by atoms with E-state index in [4.69, 9.17) is 4.74 Å². The van der Waals surface area contributed by atoms with Crippen molar-refractivity contribution >= 4 is 44.2 Å². The minimum Gasteiger partial charge on any atom is -0.491 e. The zero-order chi connectivity index (χ0) is 24.0. The number of fused-ring (bicyclic) bond motifs is 1. The van der Waals surface area contributed by atoms with Crippen LogP contribution in [-0.4, -0.2) is 23.4 Å². The lowest BCUT2D eigenvalue weighted by Gasteiger charge is -2.55. The molecule has 6 nitrogen and oxygen atoms in total. The molecule has 0 radical (unpaired) electrons. The van der Waals surface area contributed by atoms with Gasteiger partial charge in [-0.05, 0) is 93.0 Å². The maximum absolute atomic E-state index is 13.4. The van der Waals surface area contributed by atoms with Gasteiger partial charge in [-0.15, -0.1) is 0 Å². The number of aromatic nitrogens is 1. The van der Waals surface area contributed by atoms with Crippen molar-refractivity contribution in [2.75, 3.05) is 17.2 Å². The predicted molar refractivity (Wildman–Crippen MR) is 139 cm³/mol. The third-order valence-corrected chi connectivity index (χ3v) is 8.92. The molecule has 182 valence electrons. The number of hydrogen-bond donors (Lipinski definition) is 2. The zero-order valence-electron chi connectivity index (χ0n) is 20.0. The molecule has 0 spiro atoms. The Morgan fingerprint density at radius 3 is 2.46 bits per heavy atom. The van der Waals surface area contributed by atoms with Gasteiger partial charge in [-0.25, -0.2) is 4.98 Å². The molecule has 2 aromatic carbocycles. The number of rotatable bonds is 7. The maximum Gasteiger partial charge on any atom is 0.255 e. The number of carbonyl (C=O) groups is 2. The van der Waals surface area contributed by atoms with E-state index in [0.717, 1.165) is 53.7 Å². The van der Waals surface area contributed by atoms with Crippen molar-refractivity contribution in [1.29, 1.82) is 0 Å². The van der Waals surface area contributed by atoms with Crippen LogP contribution in [0.4, 0.5) is 10.8 Å². The highest BCUT2D eigenvalue weighted by Crippen LogP contribution is 2.60. The van der Waals surface area contributed by atoms with Gasteiger partial charge < -0.3 is 15.4 Å². The lowest BCUT2D eigenvalue weighted by atomic mass is 9.49. The number of amides is 2. The number of nitrogens with one attached hydrogen (secondary N) is 2. The average Bonchev–Trinajstić information content (AvgIpc) is 3.24. The first-order valence-electron chi connectivity index (χ1n) is 12.8. The molecule has 7 heteroatoms. The van der Waals surface area contributed by atoms with E-state index < -0.39 is 0 Å². The van der Waals surface area contributed by atoms with E-state index in [9.17, 15) is 9.59 Å². The lowest BCUT2D eigenvalue weighted by molar-refractivity contribution is -0.140. The van der Waals surface area contributed by atoms with Crippen LogP contribution in [-0.2, 0) is 4.79 Å². The zero-order valence-corrected chi connectivity index (χ0v) is 20.8. The first-order valence-corrected chi connectivity index (χ1v) is 13.6. The molecular weight excluding hydrogens is 458 g/mol. The Kier molecular flexibility index (Phi) is 5.75. The van der Waals surface area contributed by atoms with Gasteiger partial charge in [0.1, 0.15) is 5.75 Å². The molecule has 0 atom stereocenters. The Labute approximate surface area is 209 Å². The van der Waals surface area contributed by atoms with Crippen molar-refractivity contribution in [1.82, 2.24) is 4.98 Å². The summed E-state index contributed by atoms with van der Waals surface area (Å²) in [7, 11) is 0. The fourth-order valence-corrected chi connectivity index (χ4v) is 7.74. The number of nitrogens with zero attached hydrogens (tertiary/aromatic N) is 1. The largest absolute Gasteiger partial charge is 0.491 e. The second-order valence-electron chi connectivity index (χ2n) is 10.7. The van der Waals surface area contributed by atoms with Crippen molar-refractivity contribution in [2.45, 2.75) is 51.9 Å². The summed E-state index contributed by atoms with van der Waals surface area (Å²) in [5.41, 5.74) is 1.79. The summed E-state index contributed by atoms with van der Waals surface area (Å²) >= 11 is 1.43. The fraction of sp³-hybridized carbons (Fsp3) is 0.464. The van der Waals surface area contributed by atoms with Gasteiger partial charge in [0.25, 0.3) is 5.91 Å². The van der Waals surface area contributed by atoms with Crippen LogP contribution in [0.5, 0.6) is 5.75 Å². The third kappa shape index (κ3) is 4.31. The summed E-state index contributed by atoms with van der Waals surface area (Å²) in [5, 5.41) is 6.74. The van der Waals surface area contributed by atoms with Crippen molar-refractivity contribution in [3.63, 3.8) is 0 Å². The Bertz CT molecular complexity index is 1250. The van der Waals surface area contributed by atoms with Crippen LogP contribution in [0.25, 0.3) is 10.2 Å². The van der Waals surface area contributed by atoms with E-state index in [-0.39, 0.29) is 17.2 Å². The smallest absolute Gasteiger partial charge is 0.255 e. The van der Waals surface area contributed by atoms with Gasteiger partial charge in [0.15, 0.2) is 5.13 Å². The van der Waals surface area contributed by atoms with Crippen molar-refractivity contribution < 1.29 is 14.3 Å². The molecule has 0 unspecified atom stereocenters. The number of benzene rings is 2. The minimum atomic E-state index is -0.203. The Morgan fingerprint density at radius 2 is 1.74 bits per heavy atom. The summed E-state index contributed by atoms with van der Waals surface area (Å²) in [6.45, 7) is 2.64. The monoisotopic (exact) mass is 489 g/mol. The average molecular weight is 490 g/mol. The van der Waals surface area contributed by atoms with E-state index in [1.54, 1.807) is 6.07 Å². The molecule has 4 saturated carbocycles. The van der Waals surface area contributed by atoms with E-state index in [1.165, 1.54) is 30.6 Å². The molecule has 0 aliphatic heterocycles. The molecule has 7 rings (SSSR count). The van der Waals surface area contributed by atoms with Crippen molar-refractivity contribution in [3.8, 4) is 5.75 Å². The molecule has 1 heterocycles. The molecule has 35 heavy (non-hydrogen) atoms. The normalized spacial score (nSPS) is 26.6. The number of para-hydroxylation sites is 2. The molecular formula is C28H31N3O3S. The summed E-state index contributed by atoms with van der Waals surface area (Å²) in [6.07, 6.45) is 7.93. The molecule has 3 aromatic rings. The van der Waals surface area contributed by atoms with Gasteiger partial charge in [0.2, 0.25) is 5.91 Å². The number of thiazole rings is 1. The standard InChI is InChI=1S/C28H31N3O3S/c1-2-9-34-23-6-4-3-5-21(23)29-25(32)20-7-8-22-24(13-20)35-27(30-22)31-26(33)28-14-17-10-18(15-28)12-19(11-17)16-28/h3-8,13,17-19H,2,9-12,14-16H2,1H3,(H,29,32)(H,30,31,33). The first-order chi connectivity index (χ1) is 17.0. The summed E-state index contributed by atoms with van der Waals surface area (Å²) < 4.78 is 6.64. The van der Waals surface area contributed by atoms with E-state index in [1.807, 2.05) is 43.3 Å². The number of anilines is 2. The number of hydrogen-bond acceptors (Lipinski definition) is 5. The first kappa shape index (κ1) is 22.5. The summed E-state index contributed by atoms with van der Waals surface area (Å²) in [4.78, 5) is 31.0. The second kappa shape index (κ2) is 8.94. The molecule has 4 bridgehead atoms. The highest BCUT2D eigenvalue weighted by molar-refractivity contribution is 7.22. The van der Waals surface area contributed by atoms with E-state index in [0.29, 0.717) is 28.7 Å². The molecule has 1 aromatic heterocycles. The summed E-state index contributed by atoms with van der Waals surface area (Å²) in [5.74, 6) is 2.78. The predicted octanol–water partition coefficient (Wildman–Crippen LogP) is 6.49. The highest BCUT2D eigenvalue weighted by Gasteiger charge is 2.54. The van der Waals surface area contributed by atoms with Crippen LogP contribution in [0.2, 0.25) is 0 Å². The van der Waals surface area contributed by atoms with E-state index >= 15 is 0 Å². The van der Waals surface area contributed by atoms with Crippen molar-refractivity contribution in [2.24, 2.45) is 23.2 Å². The van der Waals surface area contributed by atoms with Crippen LogP contribution < -0.4 is 15.4 Å². The molecule has 4 aliphatic carbocycles. The van der Waals surface area contributed by atoms with Gasteiger partial charge in [-0.2, -0.15) is 0 Å². The highest BCUT2D eigenvalue weighted by atomic mass is 32.1. The van der Waals surface area contributed by atoms with Crippen LogP contribution in [0.3, 0.4) is 0 Å². The third-order valence-electron chi connectivity index (χ3n) is 7.99. The van der Waals surface area contributed by atoms with Gasteiger partial charge in [-0.3, -0.25) is 9.59 Å². The Hall–Kier alpha value is -2.93. The fourth-order valence-electron chi connectivity index (χ4n) is 6.84. The van der Waals surface area contributed by atoms with Crippen LogP contribution in [0.15, 0.2) is 42.5 Å². The van der Waals surface area contributed by atoms with Gasteiger partial charge in [0, 0.05) is 5.56 Å². The Morgan fingerprint density at radius 1 is 1.03 bits per heavy atom.